The molecule has 2 amide bonds. The number of nitrogens with one attached hydrogen (secondary N) is 2. The third-order valence-corrected chi connectivity index (χ3v) is 5.07. The summed E-state index contributed by atoms with van der Waals surface area (Å²) in [5, 5.41) is 2.34. The van der Waals surface area contributed by atoms with E-state index in [9.17, 15) is 22.8 Å². The van der Waals surface area contributed by atoms with Crippen LogP contribution >= 0.6 is 11.6 Å². The van der Waals surface area contributed by atoms with Gasteiger partial charge >= 0.3 is 5.97 Å². The number of hydrogen-bond donors (Lipinski definition) is 2. The molecule has 0 spiro atoms. The van der Waals surface area contributed by atoms with Crippen molar-refractivity contribution in [2.75, 3.05) is 13.2 Å². The van der Waals surface area contributed by atoms with Crippen molar-refractivity contribution in [1.82, 2.24) is 10.0 Å². The van der Waals surface area contributed by atoms with Gasteiger partial charge in [0.2, 0.25) is 10.0 Å². The number of carbonyl (C=O) groups excluding carboxylic acids is 3. The van der Waals surface area contributed by atoms with E-state index < -0.39 is 34.4 Å². The van der Waals surface area contributed by atoms with Crippen molar-refractivity contribution in [3.8, 4) is 0 Å². The molecule has 0 heterocycles. The van der Waals surface area contributed by atoms with Gasteiger partial charge < -0.3 is 4.74 Å². The van der Waals surface area contributed by atoms with Crippen molar-refractivity contribution in [2.24, 2.45) is 0 Å². The lowest BCUT2D eigenvalue weighted by molar-refractivity contribution is -0.148. The lowest BCUT2D eigenvalue weighted by atomic mass is 10.2. The molecule has 8 nitrogen and oxygen atoms in total. The molecule has 0 aliphatic carbocycles. The zero-order chi connectivity index (χ0) is 20.6. The summed E-state index contributed by atoms with van der Waals surface area (Å²) in [5.74, 6) is -2.20. The van der Waals surface area contributed by atoms with Gasteiger partial charge in [-0.15, -0.1) is 0 Å². The molecule has 2 N–H and O–H groups in total. The normalized spacial score (nSPS) is 10.9. The minimum Gasteiger partial charge on any atom is -0.456 e. The predicted octanol–water partition coefficient (Wildman–Crippen LogP) is 1.51. The number of rotatable bonds is 8. The fourth-order valence-electron chi connectivity index (χ4n) is 2.05. The second-order valence-corrected chi connectivity index (χ2v) is 7.71. The minimum absolute atomic E-state index is 0.0350. The summed E-state index contributed by atoms with van der Waals surface area (Å²) in [6, 6.07) is 13.7. The zero-order valence-electron chi connectivity index (χ0n) is 14.6. The molecular weight excluding hydrogens is 408 g/mol. The number of imide groups is 1. The van der Waals surface area contributed by atoms with Crippen molar-refractivity contribution < 1.29 is 27.5 Å². The van der Waals surface area contributed by atoms with Gasteiger partial charge in [0.05, 0.1) is 11.3 Å². The molecule has 10 heteroatoms. The lowest BCUT2D eigenvalue weighted by Gasteiger charge is -2.08. The van der Waals surface area contributed by atoms with E-state index in [1.54, 1.807) is 18.2 Å². The fraction of sp³-hybridized carbons (Fsp3) is 0.167. The number of hydrogen-bond acceptors (Lipinski definition) is 6. The maximum absolute atomic E-state index is 12.1. The first-order valence-electron chi connectivity index (χ1n) is 8.08. The van der Waals surface area contributed by atoms with E-state index in [2.05, 4.69) is 10.0 Å². The molecule has 0 aromatic heterocycles. The topological polar surface area (TPSA) is 119 Å². The van der Waals surface area contributed by atoms with Crippen molar-refractivity contribution in [3.05, 3.63) is 65.2 Å². The van der Waals surface area contributed by atoms with Gasteiger partial charge in [-0.2, -0.15) is 0 Å². The highest BCUT2D eigenvalue weighted by atomic mass is 35.5. The van der Waals surface area contributed by atoms with Crippen LogP contribution in [0.2, 0.25) is 5.02 Å². The molecule has 28 heavy (non-hydrogen) atoms. The second kappa shape index (κ2) is 9.98. The molecule has 0 saturated heterocycles. The van der Waals surface area contributed by atoms with Gasteiger partial charge in [0.15, 0.2) is 6.61 Å². The van der Waals surface area contributed by atoms with E-state index in [4.69, 9.17) is 16.3 Å². The third-order valence-electron chi connectivity index (χ3n) is 3.38. The maximum atomic E-state index is 12.1. The van der Waals surface area contributed by atoms with Gasteiger partial charge in [-0.25, -0.2) is 13.1 Å². The highest BCUT2D eigenvalue weighted by Crippen LogP contribution is 2.15. The highest BCUT2D eigenvalue weighted by Gasteiger charge is 2.16. The molecule has 0 aliphatic heterocycles. The average molecular weight is 425 g/mol. The van der Waals surface area contributed by atoms with Crippen LogP contribution in [0.15, 0.2) is 59.5 Å². The first-order chi connectivity index (χ1) is 13.3. The molecule has 0 fully saturated rings. The van der Waals surface area contributed by atoms with Gasteiger partial charge in [-0.05, 0) is 30.3 Å². The van der Waals surface area contributed by atoms with E-state index in [0.29, 0.717) is 0 Å². The quantitative estimate of drug-likeness (QED) is 0.620. The molecule has 2 rings (SSSR count). The zero-order valence-corrected chi connectivity index (χ0v) is 16.1. The van der Waals surface area contributed by atoms with Gasteiger partial charge in [0.1, 0.15) is 0 Å². The smallest absolute Gasteiger partial charge is 0.307 e. The average Bonchev–Trinajstić information content (AvgIpc) is 2.67. The third kappa shape index (κ3) is 6.76. The molecule has 0 radical (unpaired) electrons. The van der Waals surface area contributed by atoms with Gasteiger partial charge in [0.25, 0.3) is 11.8 Å². The Morgan fingerprint density at radius 3 is 2.39 bits per heavy atom. The predicted molar refractivity (Wildman–Crippen MR) is 101 cm³/mol. The monoisotopic (exact) mass is 424 g/mol. The lowest BCUT2D eigenvalue weighted by Crippen LogP contribution is -2.34. The van der Waals surface area contributed by atoms with Crippen LogP contribution in [-0.2, 0) is 24.3 Å². The van der Waals surface area contributed by atoms with Gasteiger partial charge in [0, 0.05) is 17.1 Å². The Hall–Kier alpha value is -2.75. The molecule has 0 bridgehead atoms. The number of benzene rings is 2. The molecule has 2 aromatic rings. The SMILES string of the molecule is O=C(COC(=O)CCNS(=O)(=O)c1cccc(Cl)c1)NC(=O)c1ccccc1. The molecule has 148 valence electrons. The summed E-state index contributed by atoms with van der Waals surface area (Å²) in [4.78, 5) is 35.0. The Labute approximate surface area is 166 Å². The van der Waals surface area contributed by atoms with E-state index in [1.807, 2.05) is 0 Å². The number of ether oxygens (including phenoxy) is 1. The van der Waals surface area contributed by atoms with Crippen LogP contribution in [0.3, 0.4) is 0 Å². The highest BCUT2D eigenvalue weighted by molar-refractivity contribution is 7.89. The van der Waals surface area contributed by atoms with Crippen molar-refractivity contribution in [1.29, 1.82) is 0 Å². The number of carbonyl (C=O) groups is 3. The number of sulfonamides is 1. The molecular formula is C18H17ClN2O6S. The van der Waals surface area contributed by atoms with E-state index >= 15 is 0 Å². The van der Waals surface area contributed by atoms with Crippen molar-refractivity contribution in [2.45, 2.75) is 11.3 Å². The van der Waals surface area contributed by atoms with Crippen molar-refractivity contribution in [3.63, 3.8) is 0 Å². The van der Waals surface area contributed by atoms with Gasteiger partial charge in [-0.1, -0.05) is 35.9 Å². The van der Waals surface area contributed by atoms with Crippen LogP contribution in [0.1, 0.15) is 16.8 Å². The van der Waals surface area contributed by atoms with Crippen LogP contribution < -0.4 is 10.0 Å². The Balaban J connectivity index is 1.72. The Morgan fingerprint density at radius 1 is 1.00 bits per heavy atom. The molecule has 0 atom stereocenters. The van der Waals surface area contributed by atoms with Crippen LogP contribution in [0.4, 0.5) is 0 Å². The second-order valence-electron chi connectivity index (χ2n) is 5.51. The molecule has 0 unspecified atom stereocenters. The summed E-state index contributed by atoms with van der Waals surface area (Å²) < 4.78 is 31.1. The Morgan fingerprint density at radius 2 is 1.71 bits per heavy atom. The van der Waals surface area contributed by atoms with Crippen LogP contribution in [0, 0.1) is 0 Å². The summed E-state index contributed by atoms with van der Waals surface area (Å²) >= 11 is 5.75. The Kier molecular flexibility index (Phi) is 7.68. The molecule has 0 aliphatic rings. The van der Waals surface area contributed by atoms with E-state index in [0.717, 1.165) is 0 Å². The largest absolute Gasteiger partial charge is 0.456 e. The molecule has 0 saturated carbocycles. The summed E-state index contributed by atoms with van der Waals surface area (Å²) in [7, 11) is -3.82. The summed E-state index contributed by atoms with van der Waals surface area (Å²) in [6.07, 6.45) is -0.292. The number of halogens is 1. The van der Waals surface area contributed by atoms with Gasteiger partial charge in [-0.3, -0.25) is 19.7 Å². The van der Waals surface area contributed by atoms with Crippen LogP contribution in [0.25, 0.3) is 0 Å². The van der Waals surface area contributed by atoms with Crippen molar-refractivity contribution >= 4 is 39.4 Å². The van der Waals surface area contributed by atoms with Crippen LogP contribution in [0.5, 0.6) is 0 Å². The summed E-state index contributed by atoms with van der Waals surface area (Å²) in [6.45, 7) is -0.878. The van der Waals surface area contributed by atoms with E-state index in [1.165, 1.54) is 36.4 Å². The number of amides is 2. The standard InChI is InChI=1S/C18H17ClN2O6S/c19-14-7-4-8-15(11-14)28(25,26)20-10-9-17(23)27-12-16(22)21-18(24)13-5-2-1-3-6-13/h1-8,11,20H,9-10,12H2,(H,21,22,24). The number of esters is 1. The maximum Gasteiger partial charge on any atom is 0.307 e. The van der Waals surface area contributed by atoms with Crippen LogP contribution in [-0.4, -0.2) is 39.4 Å². The van der Waals surface area contributed by atoms with E-state index in [-0.39, 0.29) is 28.4 Å². The fourth-order valence-corrected chi connectivity index (χ4v) is 3.38. The first kappa shape index (κ1) is 21.5. The Bertz CT molecular complexity index is 963. The minimum atomic E-state index is -3.82. The summed E-state index contributed by atoms with van der Waals surface area (Å²) in [5.41, 5.74) is 0.289. The molecule has 2 aromatic carbocycles. The first-order valence-corrected chi connectivity index (χ1v) is 9.94.